The third-order valence-electron chi connectivity index (χ3n) is 2.05. The highest BCUT2D eigenvalue weighted by molar-refractivity contribution is 5.23. The molecule has 0 spiro atoms. The van der Waals surface area contributed by atoms with Crippen LogP contribution in [0.25, 0.3) is 0 Å². The van der Waals surface area contributed by atoms with Crippen LogP contribution in [-0.4, -0.2) is 17.8 Å². The molecule has 70 valence electrons. The summed E-state index contributed by atoms with van der Waals surface area (Å²) in [6, 6.07) is 0.287. The minimum absolute atomic E-state index is 0.167. The van der Waals surface area contributed by atoms with E-state index in [9.17, 15) is 0 Å². The predicted octanol–water partition coefficient (Wildman–Crippen LogP) is 1.77. The van der Waals surface area contributed by atoms with E-state index in [1.165, 1.54) is 6.20 Å². The number of hydrogen-bond acceptors (Lipinski definition) is 3. The van der Waals surface area contributed by atoms with Gasteiger partial charge in [-0.3, -0.25) is 5.01 Å². The summed E-state index contributed by atoms with van der Waals surface area (Å²) in [6.07, 6.45) is 3.19. The van der Waals surface area contributed by atoms with Crippen molar-refractivity contribution in [2.45, 2.75) is 33.7 Å². The van der Waals surface area contributed by atoms with Crippen molar-refractivity contribution in [1.29, 1.82) is 0 Å². The molecule has 1 atom stereocenters. The maximum absolute atomic E-state index is 5.28. The highest BCUT2D eigenvalue weighted by Gasteiger charge is 2.23. The largest absolute Gasteiger partial charge is 0.403 e. The van der Waals surface area contributed by atoms with E-state index in [4.69, 9.17) is 5.73 Å². The van der Waals surface area contributed by atoms with Crippen LogP contribution in [0.3, 0.4) is 0 Å². The van der Waals surface area contributed by atoms with Crippen LogP contribution in [0, 0.1) is 5.41 Å². The lowest BCUT2D eigenvalue weighted by atomic mass is 9.88. The van der Waals surface area contributed by atoms with Gasteiger partial charge in [-0.2, -0.15) is 5.10 Å². The summed E-state index contributed by atoms with van der Waals surface area (Å²) in [5, 5.41) is 5.62. The molecule has 0 rings (SSSR count). The lowest BCUT2D eigenvalue weighted by Crippen LogP contribution is -2.35. The number of hydrogen-bond donors (Lipinski definition) is 1. The van der Waals surface area contributed by atoms with Gasteiger partial charge in [-0.05, 0) is 12.3 Å². The zero-order valence-corrected chi connectivity index (χ0v) is 8.41. The van der Waals surface area contributed by atoms with Gasteiger partial charge in [0.05, 0.1) is 6.04 Å². The van der Waals surface area contributed by atoms with Gasteiger partial charge in [-0.25, -0.2) is 0 Å². The molecule has 0 heterocycles. The van der Waals surface area contributed by atoms with Crippen molar-refractivity contribution < 1.29 is 0 Å². The molecule has 12 heavy (non-hydrogen) atoms. The van der Waals surface area contributed by atoms with Gasteiger partial charge in [0.15, 0.2) is 0 Å². The van der Waals surface area contributed by atoms with Crippen LogP contribution < -0.4 is 5.73 Å². The molecule has 0 aromatic carbocycles. The molecule has 0 bridgehead atoms. The quantitative estimate of drug-likeness (QED) is 0.516. The van der Waals surface area contributed by atoms with Crippen LogP contribution in [0.15, 0.2) is 17.5 Å². The zero-order valence-electron chi connectivity index (χ0n) is 8.41. The molecule has 0 saturated carbocycles. The molecule has 0 aliphatic heterocycles. The van der Waals surface area contributed by atoms with Crippen LogP contribution in [-0.2, 0) is 0 Å². The molecule has 0 saturated heterocycles. The van der Waals surface area contributed by atoms with Gasteiger partial charge in [-0.1, -0.05) is 20.8 Å². The Morgan fingerprint density at radius 1 is 1.50 bits per heavy atom. The van der Waals surface area contributed by atoms with Crippen molar-refractivity contribution in [2.24, 2.45) is 16.3 Å². The average molecular weight is 169 g/mol. The van der Waals surface area contributed by atoms with Crippen molar-refractivity contribution in [1.82, 2.24) is 5.01 Å². The Morgan fingerprint density at radius 2 is 2.00 bits per heavy atom. The van der Waals surface area contributed by atoms with E-state index in [0.29, 0.717) is 0 Å². The molecule has 3 heteroatoms. The van der Waals surface area contributed by atoms with Crippen LogP contribution in [0.2, 0.25) is 0 Å². The third-order valence-corrected chi connectivity index (χ3v) is 2.05. The SMILES string of the molecule is C=NN(/C=C\N)[C@@H](C)C(C)(C)C. The van der Waals surface area contributed by atoms with Gasteiger partial charge < -0.3 is 5.73 Å². The second-order valence-corrected chi connectivity index (χ2v) is 3.90. The fraction of sp³-hybridized carbons (Fsp3) is 0.667. The predicted molar refractivity (Wildman–Crippen MR) is 53.6 cm³/mol. The fourth-order valence-electron chi connectivity index (χ4n) is 0.784. The van der Waals surface area contributed by atoms with Crippen molar-refractivity contribution in [3.8, 4) is 0 Å². The topological polar surface area (TPSA) is 41.6 Å². The Balaban J connectivity index is 4.41. The summed E-state index contributed by atoms with van der Waals surface area (Å²) in [5.41, 5.74) is 5.44. The maximum Gasteiger partial charge on any atom is 0.0539 e. The van der Waals surface area contributed by atoms with E-state index in [2.05, 4.69) is 39.5 Å². The van der Waals surface area contributed by atoms with Crippen molar-refractivity contribution >= 4 is 6.72 Å². The van der Waals surface area contributed by atoms with E-state index in [1.54, 1.807) is 11.2 Å². The van der Waals surface area contributed by atoms with Gasteiger partial charge in [0.25, 0.3) is 0 Å². The van der Waals surface area contributed by atoms with Crippen LogP contribution in [0.1, 0.15) is 27.7 Å². The second kappa shape index (κ2) is 4.14. The first-order valence-corrected chi connectivity index (χ1v) is 4.07. The molecule has 0 amide bonds. The molecule has 0 fully saturated rings. The van der Waals surface area contributed by atoms with Gasteiger partial charge in [-0.15, -0.1) is 0 Å². The van der Waals surface area contributed by atoms with Gasteiger partial charge in [0.1, 0.15) is 0 Å². The Kier molecular flexibility index (Phi) is 3.80. The first-order valence-electron chi connectivity index (χ1n) is 4.07. The first kappa shape index (κ1) is 11.0. The Hall–Kier alpha value is -0.990. The Labute approximate surface area is 74.9 Å². The van der Waals surface area contributed by atoms with Crippen molar-refractivity contribution in [3.05, 3.63) is 12.4 Å². The third kappa shape index (κ3) is 2.95. The van der Waals surface area contributed by atoms with Gasteiger partial charge >= 0.3 is 0 Å². The van der Waals surface area contributed by atoms with Crippen LogP contribution in [0.4, 0.5) is 0 Å². The van der Waals surface area contributed by atoms with Crippen molar-refractivity contribution in [3.63, 3.8) is 0 Å². The molecular formula is C9H19N3. The molecule has 0 aromatic rings. The van der Waals surface area contributed by atoms with E-state index in [0.717, 1.165) is 0 Å². The van der Waals surface area contributed by atoms with Gasteiger partial charge in [0.2, 0.25) is 0 Å². The first-order chi connectivity index (χ1) is 5.43. The Bertz CT molecular complexity index is 167. The standard InChI is InChI=1S/C9H19N3/c1-8(9(2,3)4)12(11-5)7-6-10/h6-8H,5,10H2,1-4H3/b7-6-/t8-/m0/s1. The molecule has 0 aliphatic carbocycles. The lowest BCUT2D eigenvalue weighted by molar-refractivity contribution is 0.168. The van der Waals surface area contributed by atoms with E-state index in [1.807, 2.05) is 0 Å². The Morgan fingerprint density at radius 3 is 2.25 bits per heavy atom. The van der Waals surface area contributed by atoms with Gasteiger partial charge in [0, 0.05) is 19.1 Å². The summed E-state index contributed by atoms with van der Waals surface area (Å²) in [5.74, 6) is 0. The maximum atomic E-state index is 5.28. The molecular weight excluding hydrogens is 150 g/mol. The van der Waals surface area contributed by atoms with Crippen molar-refractivity contribution in [2.75, 3.05) is 0 Å². The highest BCUT2D eigenvalue weighted by Crippen LogP contribution is 2.23. The lowest BCUT2D eigenvalue weighted by Gasteiger charge is -2.33. The molecule has 3 nitrogen and oxygen atoms in total. The minimum Gasteiger partial charge on any atom is -0.403 e. The zero-order chi connectivity index (χ0) is 9.78. The molecule has 0 unspecified atom stereocenters. The highest BCUT2D eigenvalue weighted by atomic mass is 15.5. The molecule has 0 radical (unpaired) electrons. The number of nitrogens with zero attached hydrogens (tertiary/aromatic N) is 2. The van der Waals surface area contributed by atoms with Crippen LogP contribution in [0.5, 0.6) is 0 Å². The molecule has 0 aromatic heterocycles. The van der Waals surface area contributed by atoms with E-state index in [-0.39, 0.29) is 11.5 Å². The minimum atomic E-state index is 0.167. The normalized spacial score (nSPS) is 14.7. The monoisotopic (exact) mass is 169 g/mol. The summed E-state index contributed by atoms with van der Waals surface area (Å²) in [4.78, 5) is 0. The number of nitrogens with two attached hydrogens (primary N) is 1. The summed E-state index contributed by atoms with van der Waals surface area (Å²) in [6.45, 7) is 12.0. The number of hydrazone groups is 1. The summed E-state index contributed by atoms with van der Waals surface area (Å²) in [7, 11) is 0. The fourth-order valence-corrected chi connectivity index (χ4v) is 0.784. The van der Waals surface area contributed by atoms with E-state index < -0.39 is 0 Å². The summed E-state index contributed by atoms with van der Waals surface area (Å²) >= 11 is 0. The van der Waals surface area contributed by atoms with Crippen LogP contribution >= 0.6 is 0 Å². The van der Waals surface area contributed by atoms with E-state index >= 15 is 0 Å². The molecule has 2 N–H and O–H groups in total. The molecule has 0 aliphatic rings. The second-order valence-electron chi connectivity index (χ2n) is 3.90. The summed E-state index contributed by atoms with van der Waals surface area (Å²) < 4.78 is 0. The number of rotatable bonds is 3. The smallest absolute Gasteiger partial charge is 0.0539 e. The average Bonchev–Trinajstić information content (AvgIpc) is 1.97.